The summed E-state index contributed by atoms with van der Waals surface area (Å²) in [5.74, 6) is -1.51. The Morgan fingerprint density at radius 2 is 1.86 bits per heavy atom. The Bertz CT molecular complexity index is 734. The van der Waals surface area contributed by atoms with Crippen molar-refractivity contribution in [3.8, 4) is 0 Å². The number of nitrogens with two attached hydrogens (primary N) is 1. The monoisotopic (exact) mass is 368 g/mol. The number of halogens is 2. The molecule has 4 N–H and O–H groups in total. The van der Waals surface area contributed by atoms with E-state index >= 15 is 0 Å². The van der Waals surface area contributed by atoms with Crippen molar-refractivity contribution in [2.75, 3.05) is 11.1 Å². The minimum Gasteiger partial charge on any atom is -0.478 e. The van der Waals surface area contributed by atoms with E-state index in [-0.39, 0.29) is 16.5 Å². The van der Waals surface area contributed by atoms with E-state index in [1.807, 2.05) is 0 Å². The summed E-state index contributed by atoms with van der Waals surface area (Å²) in [6, 6.07) is 9.04. The van der Waals surface area contributed by atoms with Crippen LogP contribution in [0, 0.1) is 0 Å². The van der Waals surface area contributed by atoms with Crippen LogP contribution in [0.5, 0.6) is 0 Å². The number of nitrogen functional groups attached to an aromatic ring is 1. The predicted molar refractivity (Wildman–Crippen MR) is 84.9 cm³/mol. The van der Waals surface area contributed by atoms with Gasteiger partial charge in [-0.25, -0.2) is 4.79 Å². The van der Waals surface area contributed by atoms with Gasteiger partial charge in [0.25, 0.3) is 5.91 Å². The highest BCUT2D eigenvalue weighted by molar-refractivity contribution is 9.10. The van der Waals surface area contributed by atoms with Gasteiger partial charge in [-0.3, -0.25) is 4.79 Å². The fourth-order valence-electron chi connectivity index (χ4n) is 1.68. The Morgan fingerprint density at radius 3 is 2.48 bits per heavy atom. The van der Waals surface area contributed by atoms with Crippen molar-refractivity contribution in [1.29, 1.82) is 0 Å². The number of anilines is 2. The highest BCUT2D eigenvalue weighted by Crippen LogP contribution is 2.24. The molecule has 1 amide bonds. The zero-order valence-corrected chi connectivity index (χ0v) is 12.9. The molecule has 2 rings (SSSR count). The molecule has 7 heteroatoms. The number of nitrogens with one attached hydrogen (secondary N) is 1. The number of carboxylic acid groups (broad SMARTS) is 1. The maximum atomic E-state index is 12.2. The number of aromatic carboxylic acids is 1. The van der Waals surface area contributed by atoms with Crippen LogP contribution in [0.3, 0.4) is 0 Å². The fraction of sp³-hybridized carbons (Fsp3) is 0. The number of amides is 1. The van der Waals surface area contributed by atoms with Crippen LogP contribution in [0.15, 0.2) is 40.9 Å². The number of hydrogen-bond acceptors (Lipinski definition) is 3. The second kappa shape index (κ2) is 6.15. The van der Waals surface area contributed by atoms with Crippen molar-refractivity contribution in [3.63, 3.8) is 0 Å². The zero-order chi connectivity index (χ0) is 15.6. The van der Waals surface area contributed by atoms with Gasteiger partial charge in [-0.15, -0.1) is 0 Å². The number of carbonyl (C=O) groups is 2. The molecule has 0 aliphatic rings. The molecule has 108 valence electrons. The van der Waals surface area contributed by atoms with Gasteiger partial charge in [0.05, 0.1) is 16.1 Å². The first kappa shape index (κ1) is 15.3. The van der Waals surface area contributed by atoms with Gasteiger partial charge in [0, 0.05) is 15.8 Å². The maximum absolute atomic E-state index is 12.2. The summed E-state index contributed by atoms with van der Waals surface area (Å²) in [6.45, 7) is 0. The second-order valence-electron chi connectivity index (χ2n) is 4.19. The van der Waals surface area contributed by atoms with Crippen molar-refractivity contribution in [1.82, 2.24) is 0 Å². The molecule has 0 spiro atoms. The van der Waals surface area contributed by atoms with Crippen LogP contribution in [0.2, 0.25) is 5.02 Å². The van der Waals surface area contributed by atoms with E-state index in [1.165, 1.54) is 24.3 Å². The average molecular weight is 370 g/mol. The lowest BCUT2D eigenvalue weighted by Crippen LogP contribution is -2.13. The van der Waals surface area contributed by atoms with Crippen molar-refractivity contribution < 1.29 is 14.7 Å². The van der Waals surface area contributed by atoms with E-state index in [0.29, 0.717) is 21.4 Å². The molecule has 5 nitrogen and oxygen atoms in total. The molecule has 0 aromatic heterocycles. The summed E-state index contributed by atoms with van der Waals surface area (Å²) < 4.78 is 0.599. The number of carbonyl (C=O) groups excluding carboxylic acids is 1. The zero-order valence-electron chi connectivity index (χ0n) is 10.6. The van der Waals surface area contributed by atoms with E-state index in [0.717, 1.165) is 0 Å². The molecule has 0 fully saturated rings. The number of rotatable bonds is 3. The smallest absolute Gasteiger partial charge is 0.337 e. The van der Waals surface area contributed by atoms with Gasteiger partial charge in [0.15, 0.2) is 0 Å². The highest BCUT2D eigenvalue weighted by atomic mass is 79.9. The van der Waals surface area contributed by atoms with Gasteiger partial charge in [-0.05, 0) is 52.3 Å². The minimum atomic E-state index is -1.13. The molecule has 0 radical (unpaired) electrons. The molecule has 2 aromatic carbocycles. The quantitative estimate of drug-likeness (QED) is 0.720. The van der Waals surface area contributed by atoms with Gasteiger partial charge in [-0.1, -0.05) is 11.6 Å². The third kappa shape index (κ3) is 3.53. The molecule has 0 aliphatic carbocycles. The van der Waals surface area contributed by atoms with Gasteiger partial charge < -0.3 is 16.2 Å². The number of benzene rings is 2. The van der Waals surface area contributed by atoms with Crippen molar-refractivity contribution in [2.24, 2.45) is 0 Å². The van der Waals surface area contributed by atoms with Crippen molar-refractivity contribution >= 4 is 50.8 Å². The predicted octanol–water partition coefficient (Wildman–Crippen LogP) is 3.64. The van der Waals surface area contributed by atoms with Gasteiger partial charge in [-0.2, -0.15) is 0 Å². The van der Waals surface area contributed by atoms with Gasteiger partial charge >= 0.3 is 5.97 Å². The van der Waals surface area contributed by atoms with E-state index in [4.69, 9.17) is 22.4 Å². The standard InChI is InChI=1S/C14H10BrClN2O3/c15-11-4-1-7(17)5-10(11)13(19)18-8-2-3-9(14(20)21)12(16)6-8/h1-6H,17H2,(H,18,19)(H,20,21). The molecule has 0 unspecified atom stereocenters. The van der Waals surface area contributed by atoms with Crippen LogP contribution in [-0.4, -0.2) is 17.0 Å². The third-order valence-corrected chi connectivity index (χ3v) is 3.70. The summed E-state index contributed by atoms with van der Waals surface area (Å²) in [5.41, 5.74) is 6.84. The SMILES string of the molecule is Nc1ccc(Br)c(C(=O)Nc2ccc(C(=O)O)c(Cl)c2)c1. The largest absolute Gasteiger partial charge is 0.478 e. The maximum Gasteiger partial charge on any atom is 0.337 e. The molecular formula is C14H10BrClN2O3. The molecule has 0 saturated heterocycles. The third-order valence-electron chi connectivity index (χ3n) is 2.69. The molecule has 0 heterocycles. The Kier molecular flexibility index (Phi) is 4.50. The first-order valence-corrected chi connectivity index (χ1v) is 6.95. The van der Waals surface area contributed by atoms with E-state index < -0.39 is 5.97 Å². The summed E-state index contributed by atoms with van der Waals surface area (Å²) in [6.07, 6.45) is 0. The molecule has 0 saturated carbocycles. The lowest BCUT2D eigenvalue weighted by atomic mass is 10.1. The lowest BCUT2D eigenvalue weighted by Gasteiger charge is -2.09. The van der Waals surface area contributed by atoms with E-state index in [2.05, 4.69) is 21.2 Å². The molecule has 0 aliphatic heterocycles. The summed E-state index contributed by atoms with van der Waals surface area (Å²) in [4.78, 5) is 23.0. The van der Waals surface area contributed by atoms with Crippen LogP contribution in [0.4, 0.5) is 11.4 Å². The molecular weight excluding hydrogens is 360 g/mol. The fourth-order valence-corrected chi connectivity index (χ4v) is 2.37. The van der Waals surface area contributed by atoms with Crippen molar-refractivity contribution in [2.45, 2.75) is 0 Å². The number of carboxylic acids is 1. The van der Waals surface area contributed by atoms with E-state index in [1.54, 1.807) is 12.1 Å². The Balaban J connectivity index is 2.26. The van der Waals surface area contributed by atoms with Crippen LogP contribution in [0.25, 0.3) is 0 Å². The van der Waals surface area contributed by atoms with Gasteiger partial charge in [0.2, 0.25) is 0 Å². The minimum absolute atomic E-state index is 0.0280. The van der Waals surface area contributed by atoms with Crippen molar-refractivity contribution in [3.05, 3.63) is 57.0 Å². The Morgan fingerprint density at radius 1 is 1.14 bits per heavy atom. The molecule has 0 bridgehead atoms. The Hall–Kier alpha value is -2.05. The Labute approximate surface area is 133 Å². The van der Waals surface area contributed by atoms with E-state index in [9.17, 15) is 9.59 Å². The topological polar surface area (TPSA) is 92.4 Å². The number of hydrogen-bond donors (Lipinski definition) is 3. The average Bonchev–Trinajstić information content (AvgIpc) is 2.41. The molecule has 21 heavy (non-hydrogen) atoms. The summed E-state index contributed by atoms with van der Waals surface area (Å²) in [5, 5.41) is 11.6. The van der Waals surface area contributed by atoms with Crippen LogP contribution in [0.1, 0.15) is 20.7 Å². The van der Waals surface area contributed by atoms with Crippen LogP contribution in [-0.2, 0) is 0 Å². The summed E-state index contributed by atoms with van der Waals surface area (Å²) >= 11 is 9.12. The second-order valence-corrected chi connectivity index (χ2v) is 5.45. The first-order valence-electron chi connectivity index (χ1n) is 5.77. The van der Waals surface area contributed by atoms with Crippen LogP contribution < -0.4 is 11.1 Å². The molecule has 2 aromatic rings. The lowest BCUT2D eigenvalue weighted by molar-refractivity contribution is 0.0697. The van der Waals surface area contributed by atoms with Gasteiger partial charge in [0.1, 0.15) is 0 Å². The molecule has 0 atom stereocenters. The summed E-state index contributed by atoms with van der Waals surface area (Å²) in [7, 11) is 0. The highest BCUT2D eigenvalue weighted by Gasteiger charge is 2.13. The van der Waals surface area contributed by atoms with Crippen LogP contribution >= 0.6 is 27.5 Å². The first-order chi connectivity index (χ1) is 9.88. The normalized spacial score (nSPS) is 10.2.